The maximum Gasteiger partial charge on any atom is 0.126 e. The second kappa shape index (κ2) is 4.91. The van der Waals surface area contributed by atoms with Crippen LogP contribution in [-0.4, -0.2) is 0 Å². The predicted octanol–water partition coefficient (Wildman–Crippen LogP) is 3.36. The molecule has 0 heterocycles. The first-order valence-corrected chi connectivity index (χ1v) is 4.49. The van der Waals surface area contributed by atoms with Gasteiger partial charge in [-0.2, -0.15) is 0 Å². The fourth-order valence-electron chi connectivity index (χ4n) is 1.20. The van der Waals surface area contributed by atoms with Gasteiger partial charge in [0.2, 0.25) is 0 Å². The van der Waals surface area contributed by atoms with Crippen molar-refractivity contribution in [3.63, 3.8) is 0 Å². The van der Waals surface area contributed by atoms with E-state index in [-0.39, 0.29) is 5.82 Å². The highest BCUT2D eigenvalue weighted by Crippen LogP contribution is 2.10. The molecule has 65 valence electrons. The first-order chi connectivity index (χ1) is 5.84. The Labute approximate surface area is 73.4 Å². The Bertz CT molecular complexity index is 230. The zero-order valence-corrected chi connectivity index (χ0v) is 7.44. The smallest absolute Gasteiger partial charge is 0.126 e. The van der Waals surface area contributed by atoms with E-state index in [9.17, 15) is 4.39 Å². The summed E-state index contributed by atoms with van der Waals surface area (Å²) in [7, 11) is 0. The lowest BCUT2D eigenvalue weighted by Gasteiger charge is -2.00. The third-order valence-corrected chi connectivity index (χ3v) is 1.94. The van der Waals surface area contributed by atoms with Crippen LogP contribution in [0.2, 0.25) is 0 Å². The molecule has 0 aliphatic heterocycles. The molecule has 0 aliphatic carbocycles. The highest BCUT2D eigenvalue weighted by molar-refractivity contribution is 5.16. The fourth-order valence-corrected chi connectivity index (χ4v) is 1.20. The Morgan fingerprint density at radius 2 is 2.25 bits per heavy atom. The Balaban J connectivity index is 2.46. The van der Waals surface area contributed by atoms with E-state index < -0.39 is 0 Å². The topological polar surface area (TPSA) is 0 Å². The average Bonchev–Trinajstić information content (AvgIpc) is 2.09. The lowest BCUT2D eigenvalue weighted by Crippen LogP contribution is -1.89. The van der Waals surface area contributed by atoms with Gasteiger partial charge in [-0.3, -0.25) is 0 Å². The summed E-state index contributed by atoms with van der Waals surface area (Å²) in [5.74, 6) is -0.0927. The predicted molar refractivity (Wildman–Crippen MR) is 48.5 cm³/mol. The van der Waals surface area contributed by atoms with Crippen LogP contribution in [-0.2, 0) is 6.42 Å². The summed E-state index contributed by atoms with van der Waals surface area (Å²) in [6.07, 6.45) is 4.27. The molecule has 0 unspecified atom stereocenters. The van der Waals surface area contributed by atoms with E-state index in [1.54, 1.807) is 12.1 Å². The van der Waals surface area contributed by atoms with Crippen molar-refractivity contribution >= 4 is 0 Å². The quantitative estimate of drug-likeness (QED) is 0.600. The normalized spacial score (nSPS) is 10.2. The summed E-state index contributed by atoms with van der Waals surface area (Å²) >= 11 is 0. The fraction of sp³-hybridized carbons (Fsp3) is 0.455. The van der Waals surface area contributed by atoms with Crippen molar-refractivity contribution in [2.75, 3.05) is 0 Å². The average molecular weight is 165 g/mol. The van der Waals surface area contributed by atoms with Gasteiger partial charge in [-0.25, -0.2) is 4.39 Å². The summed E-state index contributed by atoms with van der Waals surface area (Å²) in [5, 5.41) is 0. The van der Waals surface area contributed by atoms with Crippen molar-refractivity contribution < 1.29 is 4.39 Å². The van der Waals surface area contributed by atoms with E-state index in [0.717, 1.165) is 18.4 Å². The number of benzene rings is 1. The third kappa shape index (κ3) is 2.65. The van der Waals surface area contributed by atoms with Crippen LogP contribution in [0.1, 0.15) is 31.7 Å². The van der Waals surface area contributed by atoms with E-state index in [4.69, 9.17) is 0 Å². The van der Waals surface area contributed by atoms with E-state index in [1.165, 1.54) is 18.9 Å². The molecule has 0 amide bonds. The molecule has 12 heavy (non-hydrogen) atoms. The monoisotopic (exact) mass is 165 g/mol. The van der Waals surface area contributed by atoms with E-state index in [1.807, 2.05) is 0 Å². The zero-order chi connectivity index (χ0) is 8.81. The maximum atomic E-state index is 13.0. The molecule has 0 aliphatic rings. The molecule has 0 spiro atoms. The molecule has 0 N–H and O–H groups in total. The van der Waals surface area contributed by atoms with Crippen molar-refractivity contribution in [3.8, 4) is 0 Å². The van der Waals surface area contributed by atoms with Crippen LogP contribution in [0.25, 0.3) is 0 Å². The summed E-state index contributed by atoms with van der Waals surface area (Å²) < 4.78 is 13.0. The van der Waals surface area contributed by atoms with Gasteiger partial charge in [0.05, 0.1) is 0 Å². The number of halogens is 1. The molecule has 0 fully saturated rings. The number of rotatable bonds is 4. The summed E-state index contributed by atoms with van der Waals surface area (Å²) in [6, 6.07) is 7.71. The minimum absolute atomic E-state index is 0.0927. The molecule has 0 bridgehead atoms. The SMILES string of the molecule is CCCCCc1c[c]ccc1F. The second-order valence-electron chi connectivity index (χ2n) is 2.97. The van der Waals surface area contributed by atoms with E-state index in [2.05, 4.69) is 13.0 Å². The standard InChI is InChI=1S/C11H14F/c1-2-3-4-7-10-8-5-6-9-11(10)12/h6,8-9H,2-4,7H2,1H3. The van der Waals surface area contributed by atoms with Crippen LogP contribution in [0.15, 0.2) is 18.2 Å². The first kappa shape index (κ1) is 9.24. The van der Waals surface area contributed by atoms with Crippen LogP contribution >= 0.6 is 0 Å². The number of aryl methyl sites for hydroxylation is 1. The largest absolute Gasteiger partial charge is 0.207 e. The van der Waals surface area contributed by atoms with Crippen LogP contribution < -0.4 is 0 Å². The van der Waals surface area contributed by atoms with Gasteiger partial charge in [-0.15, -0.1) is 0 Å². The van der Waals surface area contributed by atoms with E-state index >= 15 is 0 Å². The third-order valence-electron chi connectivity index (χ3n) is 1.94. The van der Waals surface area contributed by atoms with Gasteiger partial charge in [0.1, 0.15) is 5.82 Å². The van der Waals surface area contributed by atoms with Gasteiger partial charge < -0.3 is 0 Å². The zero-order valence-electron chi connectivity index (χ0n) is 7.44. The van der Waals surface area contributed by atoms with Gasteiger partial charge in [0.25, 0.3) is 0 Å². The minimum Gasteiger partial charge on any atom is -0.207 e. The number of unbranched alkanes of at least 4 members (excludes halogenated alkanes) is 2. The summed E-state index contributed by atoms with van der Waals surface area (Å²) in [4.78, 5) is 0. The van der Waals surface area contributed by atoms with Crippen LogP contribution in [0.3, 0.4) is 0 Å². The van der Waals surface area contributed by atoms with Gasteiger partial charge in [-0.05, 0) is 36.6 Å². The molecular weight excluding hydrogens is 151 g/mol. The molecule has 1 aromatic carbocycles. The van der Waals surface area contributed by atoms with Gasteiger partial charge >= 0.3 is 0 Å². The molecule has 1 radical (unpaired) electrons. The van der Waals surface area contributed by atoms with Crippen LogP contribution in [0.4, 0.5) is 4.39 Å². The van der Waals surface area contributed by atoms with Gasteiger partial charge in [0.15, 0.2) is 0 Å². The van der Waals surface area contributed by atoms with E-state index in [0.29, 0.717) is 0 Å². The maximum absolute atomic E-state index is 13.0. The molecule has 0 aromatic heterocycles. The first-order valence-electron chi connectivity index (χ1n) is 4.49. The minimum atomic E-state index is -0.0927. The lowest BCUT2D eigenvalue weighted by molar-refractivity contribution is 0.598. The highest BCUT2D eigenvalue weighted by Gasteiger charge is 1.98. The van der Waals surface area contributed by atoms with Crippen molar-refractivity contribution in [2.24, 2.45) is 0 Å². The number of hydrogen-bond donors (Lipinski definition) is 0. The Hall–Kier alpha value is -0.850. The van der Waals surface area contributed by atoms with Crippen molar-refractivity contribution in [1.82, 2.24) is 0 Å². The van der Waals surface area contributed by atoms with Gasteiger partial charge in [-0.1, -0.05) is 25.8 Å². The molecule has 1 heteroatoms. The molecule has 1 aromatic rings. The van der Waals surface area contributed by atoms with Crippen LogP contribution in [0, 0.1) is 11.9 Å². The molecule has 0 saturated heterocycles. The van der Waals surface area contributed by atoms with Crippen molar-refractivity contribution in [2.45, 2.75) is 32.6 Å². The molecule has 0 saturated carbocycles. The summed E-state index contributed by atoms with van der Waals surface area (Å²) in [5.41, 5.74) is 0.797. The molecule has 0 nitrogen and oxygen atoms in total. The lowest BCUT2D eigenvalue weighted by atomic mass is 10.1. The Morgan fingerprint density at radius 3 is 2.92 bits per heavy atom. The van der Waals surface area contributed by atoms with Crippen LogP contribution in [0.5, 0.6) is 0 Å². The van der Waals surface area contributed by atoms with Gasteiger partial charge in [0, 0.05) is 0 Å². The highest BCUT2D eigenvalue weighted by atomic mass is 19.1. The van der Waals surface area contributed by atoms with Crippen molar-refractivity contribution in [3.05, 3.63) is 35.6 Å². The van der Waals surface area contributed by atoms with Crippen molar-refractivity contribution in [1.29, 1.82) is 0 Å². The molecule has 1 rings (SSSR count). The Morgan fingerprint density at radius 1 is 1.42 bits per heavy atom. The Kier molecular flexibility index (Phi) is 3.78. The molecular formula is C11H14F. The summed E-state index contributed by atoms with van der Waals surface area (Å²) in [6.45, 7) is 2.15. The second-order valence-corrected chi connectivity index (χ2v) is 2.97. The number of hydrogen-bond acceptors (Lipinski definition) is 0. The molecule has 0 atom stereocenters.